The number of piperazine rings is 1. The van der Waals surface area contributed by atoms with Crippen molar-refractivity contribution in [1.29, 1.82) is 0 Å². The van der Waals surface area contributed by atoms with Gasteiger partial charge in [0.1, 0.15) is 5.82 Å². The van der Waals surface area contributed by atoms with Gasteiger partial charge in [-0.05, 0) is 36.0 Å². The number of carbonyl (C=O) groups excluding carboxylic acids is 1. The molecule has 0 radical (unpaired) electrons. The number of fused-ring (bicyclic) bond motifs is 1. The molecule has 1 aromatic carbocycles. The van der Waals surface area contributed by atoms with Crippen LogP contribution in [0, 0.1) is 0 Å². The fraction of sp³-hybridized carbons (Fsp3) is 0.560. The molecular weight excluding hydrogens is 402 g/mol. The lowest BCUT2D eigenvalue weighted by atomic mass is 9.86. The van der Waals surface area contributed by atoms with Gasteiger partial charge in [0.15, 0.2) is 0 Å². The number of hydrogen-bond acceptors (Lipinski definition) is 6. The van der Waals surface area contributed by atoms with Gasteiger partial charge in [-0.1, -0.05) is 32.9 Å². The molecule has 3 aliphatic rings. The Hall–Kier alpha value is -2.67. The summed E-state index contributed by atoms with van der Waals surface area (Å²) in [4.78, 5) is 29.4. The zero-order valence-corrected chi connectivity index (χ0v) is 19.4. The SMILES string of the molecule is CC(C)(C)c1ccc(C(=O)N2CCN(c3nc(N4CCCC4)nc4c3COC4)CC2)cc1. The average Bonchev–Trinajstić information content (AvgIpc) is 3.49. The Kier molecular flexibility index (Phi) is 5.53. The summed E-state index contributed by atoms with van der Waals surface area (Å²) < 4.78 is 5.70. The van der Waals surface area contributed by atoms with Crippen LogP contribution < -0.4 is 9.80 Å². The summed E-state index contributed by atoms with van der Waals surface area (Å²) in [6.45, 7) is 12.7. The molecule has 2 aromatic rings. The van der Waals surface area contributed by atoms with E-state index in [9.17, 15) is 4.79 Å². The van der Waals surface area contributed by atoms with Crippen molar-refractivity contribution in [3.63, 3.8) is 0 Å². The van der Waals surface area contributed by atoms with Gasteiger partial charge >= 0.3 is 0 Å². The van der Waals surface area contributed by atoms with E-state index in [0.29, 0.717) is 26.3 Å². The van der Waals surface area contributed by atoms with Gasteiger partial charge in [0, 0.05) is 50.4 Å². The van der Waals surface area contributed by atoms with Crippen molar-refractivity contribution >= 4 is 17.7 Å². The van der Waals surface area contributed by atoms with Crippen molar-refractivity contribution in [3.8, 4) is 0 Å². The summed E-state index contributed by atoms with van der Waals surface area (Å²) in [6, 6.07) is 8.08. The molecule has 0 bridgehead atoms. The second-order valence-electron chi connectivity index (χ2n) is 10.1. The maximum atomic E-state index is 13.1. The lowest BCUT2D eigenvalue weighted by Gasteiger charge is -2.36. The first-order valence-electron chi connectivity index (χ1n) is 11.8. The number of ether oxygens (including phenoxy) is 1. The van der Waals surface area contributed by atoms with E-state index in [1.807, 2.05) is 17.0 Å². The van der Waals surface area contributed by atoms with Crippen LogP contribution in [0.3, 0.4) is 0 Å². The van der Waals surface area contributed by atoms with Gasteiger partial charge in [0.05, 0.1) is 18.9 Å². The lowest BCUT2D eigenvalue weighted by Crippen LogP contribution is -2.49. The largest absolute Gasteiger partial charge is 0.370 e. The van der Waals surface area contributed by atoms with Crippen LogP contribution in [0.15, 0.2) is 24.3 Å². The highest BCUT2D eigenvalue weighted by Gasteiger charge is 2.29. The molecule has 0 N–H and O–H groups in total. The molecule has 0 spiro atoms. The minimum absolute atomic E-state index is 0.0860. The Bertz CT molecular complexity index is 985. The number of benzene rings is 1. The highest BCUT2D eigenvalue weighted by Crippen LogP contribution is 2.31. The Morgan fingerprint density at radius 2 is 1.56 bits per heavy atom. The molecule has 0 atom stereocenters. The molecule has 0 aliphatic carbocycles. The molecule has 7 nitrogen and oxygen atoms in total. The highest BCUT2D eigenvalue weighted by atomic mass is 16.5. The number of nitrogens with zero attached hydrogens (tertiary/aromatic N) is 5. The molecule has 1 amide bonds. The predicted octanol–water partition coefficient (Wildman–Crippen LogP) is 3.37. The summed E-state index contributed by atoms with van der Waals surface area (Å²) in [5.41, 5.74) is 4.23. The summed E-state index contributed by atoms with van der Waals surface area (Å²) in [5, 5.41) is 0. The molecule has 0 saturated carbocycles. The smallest absolute Gasteiger partial charge is 0.253 e. The molecule has 2 fully saturated rings. The standard InChI is InChI=1S/C25H33N5O2/c1-25(2,3)19-8-6-18(7-9-19)23(31)29-14-12-28(13-15-29)22-20-16-32-17-21(20)26-24(27-22)30-10-4-5-11-30/h6-9H,4-5,10-17H2,1-3H3. The normalized spacial score (nSPS) is 18.9. The summed E-state index contributed by atoms with van der Waals surface area (Å²) in [6.07, 6.45) is 2.40. The van der Waals surface area contributed by atoms with E-state index in [-0.39, 0.29) is 11.3 Å². The molecular formula is C25H33N5O2. The van der Waals surface area contributed by atoms with Crippen LogP contribution in [0.4, 0.5) is 11.8 Å². The molecule has 7 heteroatoms. The van der Waals surface area contributed by atoms with E-state index < -0.39 is 0 Å². The number of hydrogen-bond donors (Lipinski definition) is 0. The topological polar surface area (TPSA) is 61.8 Å². The molecule has 1 aromatic heterocycles. The maximum absolute atomic E-state index is 13.1. The van der Waals surface area contributed by atoms with Gasteiger partial charge in [-0.3, -0.25) is 4.79 Å². The van der Waals surface area contributed by atoms with Gasteiger partial charge in [-0.15, -0.1) is 0 Å². The molecule has 170 valence electrons. The van der Waals surface area contributed by atoms with E-state index in [1.54, 1.807) is 0 Å². The minimum Gasteiger partial charge on any atom is -0.370 e. The molecule has 4 heterocycles. The van der Waals surface area contributed by atoms with Crippen molar-refractivity contribution < 1.29 is 9.53 Å². The maximum Gasteiger partial charge on any atom is 0.253 e. The zero-order valence-electron chi connectivity index (χ0n) is 19.4. The first-order valence-corrected chi connectivity index (χ1v) is 11.8. The van der Waals surface area contributed by atoms with Gasteiger partial charge in [0.25, 0.3) is 5.91 Å². The van der Waals surface area contributed by atoms with Crippen molar-refractivity contribution in [2.45, 2.75) is 52.2 Å². The number of amides is 1. The van der Waals surface area contributed by atoms with Gasteiger partial charge in [-0.2, -0.15) is 4.98 Å². The number of rotatable bonds is 3. The Labute approximate surface area is 190 Å². The second kappa shape index (κ2) is 8.35. The van der Waals surface area contributed by atoms with Gasteiger partial charge < -0.3 is 19.4 Å². The number of aromatic nitrogens is 2. The molecule has 0 unspecified atom stereocenters. The van der Waals surface area contributed by atoms with Crippen LogP contribution in [0.2, 0.25) is 0 Å². The van der Waals surface area contributed by atoms with Crippen molar-refractivity contribution in [1.82, 2.24) is 14.9 Å². The first-order chi connectivity index (χ1) is 15.4. The van der Waals surface area contributed by atoms with E-state index in [1.165, 1.54) is 18.4 Å². The van der Waals surface area contributed by atoms with Gasteiger partial charge in [-0.25, -0.2) is 4.98 Å². The Balaban J connectivity index is 1.29. The third-order valence-corrected chi connectivity index (χ3v) is 6.80. The fourth-order valence-electron chi connectivity index (χ4n) is 4.76. The Morgan fingerprint density at radius 3 is 2.22 bits per heavy atom. The third kappa shape index (κ3) is 4.06. The van der Waals surface area contributed by atoms with E-state index in [2.05, 4.69) is 42.7 Å². The number of carbonyl (C=O) groups is 1. The molecule has 2 saturated heterocycles. The monoisotopic (exact) mass is 435 g/mol. The van der Waals surface area contributed by atoms with Crippen LogP contribution >= 0.6 is 0 Å². The van der Waals surface area contributed by atoms with Crippen LogP contribution in [-0.4, -0.2) is 60.0 Å². The summed E-state index contributed by atoms with van der Waals surface area (Å²) in [5.74, 6) is 1.94. The third-order valence-electron chi connectivity index (χ3n) is 6.80. The van der Waals surface area contributed by atoms with Gasteiger partial charge in [0.2, 0.25) is 5.95 Å². The van der Waals surface area contributed by atoms with Crippen LogP contribution in [-0.2, 0) is 23.4 Å². The van der Waals surface area contributed by atoms with Crippen LogP contribution in [0.25, 0.3) is 0 Å². The summed E-state index contributed by atoms with van der Waals surface area (Å²) >= 11 is 0. The van der Waals surface area contributed by atoms with E-state index >= 15 is 0 Å². The van der Waals surface area contributed by atoms with Crippen molar-refractivity contribution in [2.75, 3.05) is 49.1 Å². The number of anilines is 2. The predicted molar refractivity (Wildman–Crippen MR) is 125 cm³/mol. The molecule has 32 heavy (non-hydrogen) atoms. The second-order valence-corrected chi connectivity index (χ2v) is 10.1. The zero-order chi connectivity index (χ0) is 22.3. The highest BCUT2D eigenvalue weighted by molar-refractivity contribution is 5.94. The van der Waals surface area contributed by atoms with Crippen LogP contribution in [0.5, 0.6) is 0 Å². The molecule has 5 rings (SSSR count). The quantitative estimate of drug-likeness (QED) is 0.737. The van der Waals surface area contributed by atoms with E-state index in [0.717, 1.165) is 54.8 Å². The summed E-state index contributed by atoms with van der Waals surface area (Å²) in [7, 11) is 0. The first kappa shape index (κ1) is 21.2. The Morgan fingerprint density at radius 1 is 0.875 bits per heavy atom. The fourth-order valence-corrected chi connectivity index (χ4v) is 4.76. The minimum atomic E-state index is 0.0860. The lowest BCUT2D eigenvalue weighted by molar-refractivity contribution is 0.0746. The molecule has 3 aliphatic heterocycles. The van der Waals surface area contributed by atoms with Crippen LogP contribution in [0.1, 0.15) is 60.8 Å². The van der Waals surface area contributed by atoms with Crippen molar-refractivity contribution in [2.24, 2.45) is 0 Å². The average molecular weight is 436 g/mol. The van der Waals surface area contributed by atoms with E-state index in [4.69, 9.17) is 14.7 Å². The van der Waals surface area contributed by atoms with Crippen molar-refractivity contribution in [3.05, 3.63) is 46.6 Å².